The van der Waals surface area contributed by atoms with Gasteiger partial charge in [-0.15, -0.1) is 0 Å². The predicted molar refractivity (Wildman–Crippen MR) is 51.6 cm³/mol. The fraction of sp³-hybridized carbons (Fsp3) is 0.300. The summed E-state index contributed by atoms with van der Waals surface area (Å²) in [6.07, 6.45) is 0. The molecule has 0 atom stereocenters. The molecule has 0 aliphatic heterocycles. The highest BCUT2D eigenvalue weighted by Crippen LogP contribution is 2.12. The third-order valence-corrected chi connectivity index (χ3v) is 1.84. The number of hydrogen-bond donors (Lipinski definition) is 1. The van der Waals surface area contributed by atoms with Gasteiger partial charge >= 0.3 is 5.97 Å². The maximum Gasteiger partial charge on any atom is 0.325 e. The number of halogens is 1. The lowest BCUT2D eigenvalue weighted by Crippen LogP contribution is -2.14. The molecule has 1 aromatic carbocycles. The minimum absolute atomic E-state index is 0.0407. The first-order chi connectivity index (χ1) is 6.63. The van der Waals surface area contributed by atoms with Gasteiger partial charge in [0.2, 0.25) is 0 Å². The highest BCUT2D eigenvalue weighted by Gasteiger charge is 2.01. The fourth-order valence-electron chi connectivity index (χ4n) is 0.949. The Balaban J connectivity index is 2.60. The summed E-state index contributed by atoms with van der Waals surface area (Å²) in [5.41, 5.74) is 1.15. The van der Waals surface area contributed by atoms with Crippen LogP contribution < -0.4 is 5.32 Å². The second-order valence-corrected chi connectivity index (χ2v) is 2.89. The summed E-state index contributed by atoms with van der Waals surface area (Å²) in [6.45, 7) is 1.72. The standard InChI is InChI=1S/C10H12FNO2/c1-7-3-4-8(5-9(7)11)12-6-10(13)14-2/h3-5,12H,6H2,1-2H3. The van der Waals surface area contributed by atoms with Gasteiger partial charge in [-0.2, -0.15) is 0 Å². The number of carbonyl (C=O) groups is 1. The van der Waals surface area contributed by atoms with E-state index in [0.29, 0.717) is 11.3 Å². The Morgan fingerprint density at radius 1 is 1.57 bits per heavy atom. The second kappa shape index (κ2) is 4.60. The van der Waals surface area contributed by atoms with E-state index in [9.17, 15) is 9.18 Å². The largest absolute Gasteiger partial charge is 0.468 e. The third-order valence-electron chi connectivity index (χ3n) is 1.84. The molecule has 0 aliphatic carbocycles. The van der Waals surface area contributed by atoms with Gasteiger partial charge in [0, 0.05) is 5.69 Å². The normalized spacial score (nSPS) is 9.64. The van der Waals surface area contributed by atoms with Crippen molar-refractivity contribution in [2.75, 3.05) is 19.0 Å². The molecular weight excluding hydrogens is 185 g/mol. The van der Waals surface area contributed by atoms with E-state index in [-0.39, 0.29) is 18.3 Å². The Labute approximate surface area is 81.9 Å². The fourth-order valence-corrected chi connectivity index (χ4v) is 0.949. The van der Waals surface area contributed by atoms with Gasteiger partial charge in [0.05, 0.1) is 7.11 Å². The van der Waals surface area contributed by atoms with E-state index in [2.05, 4.69) is 10.1 Å². The quantitative estimate of drug-likeness (QED) is 0.750. The number of ether oxygens (including phenoxy) is 1. The van der Waals surface area contributed by atoms with Crippen LogP contribution in [0, 0.1) is 12.7 Å². The van der Waals surface area contributed by atoms with Gasteiger partial charge in [-0.1, -0.05) is 6.07 Å². The first-order valence-electron chi connectivity index (χ1n) is 4.20. The van der Waals surface area contributed by atoms with Crippen LogP contribution in [0.25, 0.3) is 0 Å². The van der Waals surface area contributed by atoms with Crippen molar-refractivity contribution in [2.24, 2.45) is 0 Å². The summed E-state index contributed by atoms with van der Waals surface area (Å²) >= 11 is 0. The molecule has 0 bridgehead atoms. The van der Waals surface area contributed by atoms with Crippen molar-refractivity contribution in [3.8, 4) is 0 Å². The number of aryl methyl sites for hydroxylation is 1. The van der Waals surface area contributed by atoms with Gasteiger partial charge in [-0.25, -0.2) is 4.39 Å². The average molecular weight is 197 g/mol. The molecule has 4 heteroatoms. The lowest BCUT2D eigenvalue weighted by molar-refractivity contribution is -0.138. The molecule has 0 fully saturated rings. The smallest absolute Gasteiger partial charge is 0.325 e. The van der Waals surface area contributed by atoms with Crippen LogP contribution in [0.2, 0.25) is 0 Å². The summed E-state index contributed by atoms with van der Waals surface area (Å²) in [7, 11) is 1.31. The molecule has 14 heavy (non-hydrogen) atoms. The van der Waals surface area contributed by atoms with Crippen LogP contribution in [-0.2, 0) is 9.53 Å². The van der Waals surface area contributed by atoms with Crippen molar-refractivity contribution in [2.45, 2.75) is 6.92 Å². The zero-order chi connectivity index (χ0) is 10.6. The van der Waals surface area contributed by atoms with Crippen molar-refractivity contribution < 1.29 is 13.9 Å². The number of rotatable bonds is 3. The Bertz CT molecular complexity index is 339. The van der Waals surface area contributed by atoms with Crippen molar-refractivity contribution in [1.29, 1.82) is 0 Å². The number of anilines is 1. The summed E-state index contributed by atoms with van der Waals surface area (Å²) < 4.78 is 17.5. The van der Waals surface area contributed by atoms with E-state index >= 15 is 0 Å². The molecule has 76 valence electrons. The molecule has 0 amide bonds. The maximum absolute atomic E-state index is 13.0. The number of esters is 1. The second-order valence-electron chi connectivity index (χ2n) is 2.89. The van der Waals surface area contributed by atoms with E-state index in [1.54, 1.807) is 19.1 Å². The molecule has 0 radical (unpaired) electrons. The first kappa shape index (κ1) is 10.5. The minimum Gasteiger partial charge on any atom is -0.468 e. The van der Waals surface area contributed by atoms with Crippen LogP contribution in [0.3, 0.4) is 0 Å². The molecule has 1 rings (SSSR count). The maximum atomic E-state index is 13.0. The zero-order valence-corrected chi connectivity index (χ0v) is 8.13. The SMILES string of the molecule is COC(=O)CNc1ccc(C)c(F)c1. The van der Waals surface area contributed by atoms with Gasteiger partial charge in [0.15, 0.2) is 0 Å². The molecule has 0 aliphatic rings. The summed E-state index contributed by atoms with van der Waals surface area (Å²) in [6, 6.07) is 4.70. The topological polar surface area (TPSA) is 38.3 Å². The molecule has 3 nitrogen and oxygen atoms in total. The molecule has 0 aromatic heterocycles. The Morgan fingerprint density at radius 3 is 2.86 bits per heavy atom. The Kier molecular flexibility index (Phi) is 3.45. The molecule has 0 saturated carbocycles. The predicted octanol–water partition coefficient (Wildman–Crippen LogP) is 1.72. The molecule has 1 N–H and O–H groups in total. The molecule has 1 aromatic rings. The summed E-state index contributed by atoms with van der Waals surface area (Å²) in [4.78, 5) is 10.8. The molecule has 0 saturated heterocycles. The molecule has 0 unspecified atom stereocenters. The number of nitrogens with one attached hydrogen (secondary N) is 1. The first-order valence-corrected chi connectivity index (χ1v) is 4.20. The summed E-state index contributed by atoms with van der Waals surface area (Å²) in [5.74, 6) is -0.675. The van der Waals surface area contributed by atoms with Crippen LogP contribution in [-0.4, -0.2) is 19.6 Å². The number of hydrogen-bond acceptors (Lipinski definition) is 3. The van der Waals surface area contributed by atoms with Crippen molar-refractivity contribution in [1.82, 2.24) is 0 Å². The summed E-state index contributed by atoms with van der Waals surface area (Å²) in [5, 5.41) is 2.75. The van der Waals surface area contributed by atoms with E-state index in [1.165, 1.54) is 13.2 Å². The highest BCUT2D eigenvalue weighted by atomic mass is 19.1. The number of carbonyl (C=O) groups excluding carboxylic acids is 1. The van der Waals surface area contributed by atoms with Crippen molar-refractivity contribution in [3.63, 3.8) is 0 Å². The highest BCUT2D eigenvalue weighted by molar-refractivity contribution is 5.74. The van der Waals surface area contributed by atoms with E-state index in [4.69, 9.17) is 0 Å². The lowest BCUT2D eigenvalue weighted by atomic mass is 10.2. The van der Waals surface area contributed by atoms with Crippen LogP contribution in [0.5, 0.6) is 0 Å². The zero-order valence-electron chi connectivity index (χ0n) is 8.13. The molecule has 0 spiro atoms. The van der Waals surface area contributed by atoms with Gasteiger partial charge in [0.1, 0.15) is 12.4 Å². The Morgan fingerprint density at radius 2 is 2.29 bits per heavy atom. The number of benzene rings is 1. The van der Waals surface area contributed by atoms with Crippen LogP contribution >= 0.6 is 0 Å². The van der Waals surface area contributed by atoms with Gasteiger partial charge in [0.25, 0.3) is 0 Å². The monoisotopic (exact) mass is 197 g/mol. The van der Waals surface area contributed by atoms with Crippen LogP contribution in [0.1, 0.15) is 5.56 Å². The van der Waals surface area contributed by atoms with Gasteiger partial charge in [-0.05, 0) is 24.6 Å². The van der Waals surface area contributed by atoms with Crippen molar-refractivity contribution >= 4 is 11.7 Å². The minimum atomic E-state index is -0.383. The van der Waals surface area contributed by atoms with Gasteiger partial charge in [-0.3, -0.25) is 4.79 Å². The van der Waals surface area contributed by atoms with Gasteiger partial charge < -0.3 is 10.1 Å². The van der Waals surface area contributed by atoms with E-state index in [1.807, 2.05) is 0 Å². The lowest BCUT2D eigenvalue weighted by Gasteiger charge is -2.05. The Hall–Kier alpha value is -1.58. The van der Waals surface area contributed by atoms with Crippen LogP contribution in [0.4, 0.5) is 10.1 Å². The van der Waals surface area contributed by atoms with E-state index < -0.39 is 0 Å². The average Bonchev–Trinajstić information content (AvgIpc) is 2.19. The van der Waals surface area contributed by atoms with Crippen LogP contribution in [0.15, 0.2) is 18.2 Å². The van der Waals surface area contributed by atoms with E-state index in [0.717, 1.165) is 0 Å². The van der Waals surface area contributed by atoms with Crippen molar-refractivity contribution in [3.05, 3.63) is 29.6 Å². The molecule has 0 heterocycles. The number of methoxy groups -OCH3 is 1. The molecular formula is C10H12FNO2. The third kappa shape index (κ3) is 2.73.